The normalized spacial score (nSPS) is 11.0. The van der Waals surface area contributed by atoms with Gasteiger partial charge in [-0.3, -0.25) is 0 Å². The van der Waals surface area contributed by atoms with Crippen molar-refractivity contribution in [2.75, 3.05) is 7.05 Å². The highest BCUT2D eigenvalue weighted by molar-refractivity contribution is 5.94. The number of hydrogen-bond acceptors (Lipinski definition) is 3. The van der Waals surface area contributed by atoms with Gasteiger partial charge in [0.25, 0.3) is 0 Å². The molecule has 0 aliphatic carbocycles. The molecule has 6 heteroatoms. The second-order valence-electron chi connectivity index (χ2n) is 5.65. The Bertz CT molecular complexity index is 885. The number of rotatable bonds is 3. The highest BCUT2D eigenvalue weighted by atomic mass is 19.1. The van der Waals surface area contributed by atoms with Crippen LogP contribution in [0.5, 0.6) is 5.75 Å². The Balaban J connectivity index is 2.21. The summed E-state index contributed by atoms with van der Waals surface area (Å²) in [5.74, 6) is 0.772. The lowest BCUT2D eigenvalue weighted by molar-refractivity contribution is 0.242. The van der Waals surface area contributed by atoms with E-state index in [1.165, 1.54) is 16.7 Å². The van der Waals surface area contributed by atoms with Crippen LogP contribution in [0.15, 0.2) is 42.5 Å². The molecule has 0 bridgehead atoms. The highest BCUT2D eigenvalue weighted by Crippen LogP contribution is 2.28. The van der Waals surface area contributed by atoms with Crippen LogP contribution in [-0.4, -0.2) is 28.7 Å². The lowest BCUT2D eigenvalue weighted by Crippen LogP contribution is -2.25. The fourth-order valence-corrected chi connectivity index (χ4v) is 2.51. The van der Waals surface area contributed by atoms with Crippen molar-refractivity contribution >= 4 is 17.1 Å². The lowest BCUT2D eigenvalue weighted by atomic mass is 10.2. The van der Waals surface area contributed by atoms with E-state index in [9.17, 15) is 9.18 Å². The number of aromatic nitrogens is 2. The maximum atomic E-state index is 13.2. The van der Waals surface area contributed by atoms with Gasteiger partial charge in [0.05, 0.1) is 17.1 Å². The van der Waals surface area contributed by atoms with E-state index in [0.717, 1.165) is 0 Å². The standard InChI is InChI=1S/C18H18FN3O2/c1-11(2)24-14-8-9-15-16(10-14)22(18(23)20-3)17(21-15)12-4-6-13(19)7-5-12/h4-11H,1-3H3,(H,20,23). The maximum absolute atomic E-state index is 13.2. The van der Waals surface area contributed by atoms with Gasteiger partial charge in [-0.2, -0.15) is 0 Å². The van der Waals surface area contributed by atoms with Crippen molar-refractivity contribution in [3.63, 3.8) is 0 Å². The Kier molecular flexibility index (Phi) is 4.20. The average molecular weight is 327 g/mol. The van der Waals surface area contributed by atoms with Crippen molar-refractivity contribution in [2.24, 2.45) is 0 Å². The van der Waals surface area contributed by atoms with Gasteiger partial charge in [0.2, 0.25) is 0 Å². The minimum Gasteiger partial charge on any atom is -0.491 e. The number of halogens is 1. The zero-order valence-electron chi connectivity index (χ0n) is 13.7. The van der Waals surface area contributed by atoms with Gasteiger partial charge in [0.15, 0.2) is 0 Å². The molecule has 0 saturated heterocycles. The predicted octanol–water partition coefficient (Wildman–Crippen LogP) is 3.82. The molecule has 0 saturated carbocycles. The van der Waals surface area contributed by atoms with Gasteiger partial charge < -0.3 is 10.1 Å². The minimum absolute atomic E-state index is 0.0235. The topological polar surface area (TPSA) is 56.2 Å². The van der Waals surface area contributed by atoms with E-state index in [0.29, 0.717) is 28.2 Å². The summed E-state index contributed by atoms with van der Waals surface area (Å²) in [5, 5.41) is 2.61. The Morgan fingerprint density at radius 3 is 2.54 bits per heavy atom. The minimum atomic E-state index is -0.339. The third-order valence-corrected chi connectivity index (χ3v) is 3.52. The smallest absolute Gasteiger partial charge is 0.327 e. The van der Waals surface area contributed by atoms with Crippen LogP contribution in [0.2, 0.25) is 0 Å². The van der Waals surface area contributed by atoms with Gasteiger partial charge in [0.1, 0.15) is 17.4 Å². The van der Waals surface area contributed by atoms with E-state index >= 15 is 0 Å². The third kappa shape index (κ3) is 2.95. The maximum Gasteiger partial charge on any atom is 0.327 e. The Hall–Kier alpha value is -2.89. The molecular formula is C18H18FN3O2. The molecular weight excluding hydrogens is 309 g/mol. The summed E-state index contributed by atoms with van der Waals surface area (Å²) in [6.45, 7) is 3.87. The van der Waals surface area contributed by atoms with Gasteiger partial charge >= 0.3 is 6.03 Å². The van der Waals surface area contributed by atoms with Crippen molar-refractivity contribution in [3.05, 3.63) is 48.3 Å². The summed E-state index contributed by atoms with van der Waals surface area (Å²) in [4.78, 5) is 16.9. The van der Waals surface area contributed by atoms with Gasteiger partial charge in [0, 0.05) is 18.7 Å². The number of amides is 1. The number of imidazole rings is 1. The van der Waals surface area contributed by atoms with E-state index < -0.39 is 0 Å². The van der Waals surface area contributed by atoms with Crippen molar-refractivity contribution in [1.82, 2.24) is 14.9 Å². The van der Waals surface area contributed by atoms with Crippen molar-refractivity contribution < 1.29 is 13.9 Å². The molecule has 3 rings (SSSR count). The second-order valence-corrected chi connectivity index (χ2v) is 5.65. The summed E-state index contributed by atoms with van der Waals surface area (Å²) in [5.41, 5.74) is 1.95. The highest BCUT2D eigenvalue weighted by Gasteiger charge is 2.18. The fraction of sp³-hybridized carbons (Fsp3) is 0.222. The number of benzene rings is 2. The number of nitrogens with zero attached hydrogens (tertiary/aromatic N) is 2. The van der Waals surface area contributed by atoms with Crippen LogP contribution < -0.4 is 10.1 Å². The lowest BCUT2D eigenvalue weighted by Gasteiger charge is -2.10. The van der Waals surface area contributed by atoms with E-state index in [-0.39, 0.29) is 18.0 Å². The van der Waals surface area contributed by atoms with Crippen LogP contribution in [0.4, 0.5) is 9.18 Å². The van der Waals surface area contributed by atoms with Gasteiger partial charge in [-0.1, -0.05) is 0 Å². The number of ether oxygens (including phenoxy) is 1. The van der Waals surface area contributed by atoms with Gasteiger partial charge in [-0.25, -0.2) is 18.7 Å². The van der Waals surface area contributed by atoms with Gasteiger partial charge in [-0.15, -0.1) is 0 Å². The summed E-state index contributed by atoms with van der Waals surface area (Å²) < 4.78 is 20.4. The third-order valence-electron chi connectivity index (χ3n) is 3.52. The monoisotopic (exact) mass is 327 g/mol. The van der Waals surface area contributed by atoms with E-state index in [1.54, 1.807) is 31.3 Å². The van der Waals surface area contributed by atoms with E-state index in [2.05, 4.69) is 10.3 Å². The van der Waals surface area contributed by atoms with Crippen molar-refractivity contribution in [1.29, 1.82) is 0 Å². The van der Waals surface area contributed by atoms with Gasteiger partial charge in [-0.05, 0) is 50.2 Å². The SMILES string of the molecule is CNC(=O)n1c(-c2ccc(F)cc2)nc2ccc(OC(C)C)cc21. The molecule has 24 heavy (non-hydrogen) atoms. The largest absolute Gasteiger partial charge is 0.491 e. The number of carbonyl (C=O) groups is 1. The zero-order chi connectivity index (χ0) is 17.3. The number of fused-ring (bicyclic) bond motifs is 1. The molecule has 1 amide bonds. The summed E-state index contributed by atoms with van der Waals surface area (Å²) in [7, 11) is 1.55. The number of hydrogen-bond donors (Lipinski definition) is 1. The van der Waals surface area contributed by atoms with Crippen LogP contribution in [0, 0.1) is 5.82 Å². The second kappa shape index (κ2) is 6.31. The predicted molar refractivity (Wildman–Crippen MR) is 90.7 cm³/mol. The molecule has 0 radical (unpaired) electrons. The van der Waals surface area contributed by atoms with Crippen LogP contribution >= 0.6 is 0 Å². The first kappa shape index (κ1) is 16.0. The van der Waals surface area contributed by atoms with E-state index in [4.69, 9.17) is 4.74 Å². The molecule has 0 aliphatic heterocycles. The molecule has 1 heterocycles. The van der Waals surface area contributed by atoms with Crippen molar-refractivity contribution in [3.8, 4) is 17.1 Å². The quantitative estimate of drug-likeness (QED) is 0.796. The molecule has 124 valence electrons. The molecule has 2 aromatic carbocycles. The molecule has 1 aromatic heterocycles. The number of nitrogens with one attached hydrogen (secondary N) is 1. The van der Waals surface area contributed by atoms with Crippen LogP contribution in [0.3, 0.4) is 0 Å². The Morgan fingerprint density at radius 2 is 1.92 bits per heavy atom. The summed E-state index contributed by atoms with van der Waals surface area (Å²) >= 11 is 0. The van der Waals surface area contributed by atoms with Crippen molar-refractivity contribution in [2.45, 2.75) is 20.0 Å². The van der Waals surface area contributed by atoms with Crippen LogP contribution in [-0.2, 0) is 0 Å². The summed E-state index contributed by atoms with van der Waals surface area (Å²) in [6.07, 6.45) is 0.0235. The first-order valence-electron chi connectivity index (χ1n) is 7.67. The Labute approximate surface area is 139 Å². The van der Waals surface area contributed by atoms with Crippen LogP contribution in [0.1, 0.15) is 13.8 Å². The number of carbonyl (C=O) groups excluding carboxylic acids is 1. The Morgan fingerprint density at radius 1 is 1.21 bits per heavy atom. The first-order chi connectivity index (χ1) is 11.5. The van der Waals surface area contributed by atoms with Crippen LogP contribution in [0.25, 0.3) is 22.4 Å². The zero-order valence-corrected chi connectivity index (χ0v) is 13.7. The fourth-order valence-electron chi connectivity index (χ4n) is 2.51. The molecule has 0 atom stereocenters. The average Bonchev–Trinajstić information content (AvgIpc) is 2.93. The summed E-state index contributed by atoms with van der Waals surface area (Å²) in [6, 6.07) is 11.0. The molecule has 3 aromatic rings. The molecule has 0 fully saturated rings. The molecule has 1 N–H and O–H groups in total. The van der Waals surface area contributed by atoms with E-state index in [1.807, 2.05) is 19.9 Å². The molecule has 0 aliphatic rings. The molecule has 0 unspecified atom stereocenters. The molecule has 0 spiro atoms. The molecule has 5 nitrogen and oxygen atoms in total. The first-order valence-corrected chi connectivity index (χ1v) is 7.67.